The number of H-pyrrole nitrogens is 2. The van der Waals surface area contributed by atoms with Crippen LogP contribution < -0.4 is 17.2 Å². The van der Waals surface area contributed by atoms with Crippen LogP contribution in [0.2, 0.25) is 0 Å². The lowest BCUT2D eigenvalue weighted by molar-refractivity contribution is -0.138. The van der Waals surface area contributed by atoms with Crippen LogP contribution in [0.1, 0.15) is 11.4 Å². The van der Waals surface area contributed by atoms with Crippen LogP contribution >= 0.6 is 0 Å². The van der Waals surface area contributed by atoms with Gasteiger partial charge in [0.1, 0.15) is 6.04 Å². The molecular weight excluding hydrogens is 290 g/mol. The van der Waals surface area contributed by atoms with E-state index in [0.717, 1.165) is 11.4 Å². The number of aromatic amines is 2. The molecule has 0 fully saturated rings. The van der Waals surface area contributed by atoms with E-state index < -0.39 is 24.0 Å². The number of aromatic nitrogens is 4. The van der Waals surface area contributed by atoms with E-state index >= 15 is 0 Å². The minimum atomic E-state index is -1.00. The topological polar surface area (TPSA) is 190 Å². The smallest absolute Gasteiger partial charge is 0.320 e. The van der Waals surface area contributed by atoms with Crippen molar-refractivity contribution in [2.24, 2.45) is 17.2 Å². The molecule has 10 heteroatoms. The minimum Gasteiger partial charge on any atom is -0.480 e. The number of aliphatic carboxylic acids is 1. The van der Waals surface area contributed by atoms with Gasteiger partial charge >= 0.3 is 5.97 Å². The summed E-state index contributed by atoms with van der Waals surface area (Å²) in [5.74, 6) is -1.50. The maximum atomic E-state index is 10.5. The summed E-state index contributed by atoms with van der Waals surface area (Å²) in [6, 6.07) is -1.48. The normalized spacial score (nSPS) is 12.8. The third-order valence-electron chi connectivity index (χ3n) is 2.67. The zero-order valence-corrected chi connectivity index (χ0v) is 11.8. The van der Waals surface area contributed by atoms with Crippen LogP contribution in [-0.2, 0) is 22.4 Å². The molecule has 0 aliphatic carbocycles. The Balaban J connectivity index is 0.000000220. The molecule has 2 heterocycles. The van der Waals surface area contributed by atoms with Crippen molar-refractivity contribution in [3.8, 4) is 0 Å². The fourth-order valence-electron chi connectivity index (χ4n) is 1.45. The maximum Gasteiger partial charge on any atom is 0.320 e. The highest BCUT2D eigenvalue weighted by molar-refractivity contribution is 5.79. The summed E-state index contributed by atoms with van der Waals surface area (Å²) in [4.78, 5) is 33.8. The van der Waals surface area contributed by atoms with Crippen molar-refractivity contribution in [2.45, 2.75) is 24.9 Å². The first kappa shape index (κ1) is 17.3. The first-order valence-corrected chi connectivity index (χ1v) is 6.38. The molecule has 22 heavy (non-hydrogen) atoms. The Hall–Kier alpha value is -2.72. The molecule has 0 saturated heterocycles. The monoisotopic (exact) mass is 309 g/mol. The van der Waals surface area contributed by atoms with Crippen LogP contribution in [0.5, 0.6) is 0 Å². The van der Waals surface area contributed by atoms with Gasteiger partial charge in [-0.1, -0.05) is 0 Å². The largest absolute Gasteiger partial charge is 0.480 e. The first-order chi connectivity index (χ1) is 10.4. The lowest BCUT2D eigenvalue weighted by Crippen LogP contribution is -2.38. The molecule has 1 amide bonds. The number of nitrogens with one attached hydrogen (secondary N) is 2. The number of primary amides is 1. The van der Waals surface area contributed by atoms with Crippen molar-refractivity contribution < 1.29 is 14.7 Å². The van der Waals surface area contributed by atoms with Crippen molar-refractivity contribution in [2.75, 3.05) is 0 Å². The van der Waals surface area contributed by atoms with Gasteiger partial charge in [-0.3, -0.25) is 9.59 Å². The highest BCUT2D eigenvalue weighted by Crippen LogP contribution is 1.95. The molecule has 0 aliphatic heterocycles. The molecule has 2 aromatic heterocycles. The average molecular weight is 309 g/mol. The highest BCUT2D eigenvalue weighted by Gasteiger charge is 2.12. The van der Waals surface area contributed by atoms with Gasteiger partial charge in [0.15, 0.2) is 0 Å². The molecule has 2 atom stereocenters. The van der Waals surface area contributed by atoms with Crippen LogP contribution in [0.4, 0.5) is 0 Å². The zero-order valence-electron chi connectivity index (χ0n) is 11.8. The Morgan fingerprint density at radius 3 is 1.82 bits per heavy atom. The molecule has 0 saturated carbocycles. The second-order valence-electron chi connectivity index (χ2n) is 4.52. The van der Waals surface area contributed by atoms with Crippen LogP contribution in [0.15, 0.2) is 25.0 Å². The summed E-state index contributed by atoms with van der Waals surface area (Å²) in [5, 5.41) is 8.42. The van der Waals surface area contributed by atoms with Crippen molar-refractivity contribution in [3.05, 3.63) is 36.4 Å². The van der Waals surface area contributed by atoms with Crippen molar-refractivity contribution in [3.63, 3.8) is 0 Å². The number of carbonyl (C=O) groups is 2. The molecule has 2 aromatic rings. The Kier molecular flexibility index (Phi) is 6.73. The van der Waals surface area contributed by atoms with Gasteiger partial charge in [-0.25, -0.2) is 9.97 Å². The quantitative estimate of drug-likeness (QED) is 0.360. The van der Waals surface area contributed by atoms with Gasteiger partial charge in [0.2, 0.25) is 5.91 Å². The van der Waals surface area contributed by atoms with Gasteiger partial charge in [0.25, 0.3) is 0 Å². The number of nitrogens with zero attached hydrogens (tertiary/aromatic N) is 2. The van der Waals surface area contributed by atoms with E-state index in [0.29, 0.717) is 6.42 Å². The number of nitrogens with two attached hydrogens (primary N) is 3. The van der Waals surface area contributed by atoms with Gasteiger partial charge in [-0.2, -0.15) is 0 Å². The molecule has 0 bridgehead atoms. The Labute approximate surface area is 126 Å². The summed E-state index contributed by atoms with van der Waals surface area (Å²) < 4.78 is 0. The third kappa shape index (κ3) is 6.15. The molecule has 0 spiro atoms. The molecule has 120 valence electrons. The molecule has 0 aromatic carbocycles. The first-order valence-electron chi connectivity index (χ1n) is 6.38. The maximum absolute atomic E-state index is 10.5. The molecule has 10 nitrogen and oxygen atoms in total. The lowest BCUT2D eigenvalue weighted by atomic mass is 10.2. The number of amides is 1. The van der Waals surface area contributed by atoms with Gasteiger partial charge in [-0.15, -0.1) is 0 Å². The number of hydrogen-bond donors (Lipinski definition) is 6. The molecule has 9 N–H and O–H groups in total. The predicted molar refractivity (Wildman–Crippen MR) is 77.4 cm³/mol. The highest BCUT2D eigenvalue weighted by atomic mass is 16.4. The summed E-state index contributed by atoms with van der Waals surface area (Å²) in [5.41, 5.74) is 17.2. The standard InChI is InChI=1S/C6H10N4O.C6H9N3O2/c7-5(6(8)11)1-4-2-9-3-10-4;7-5(6(10)11)1-4-2-8-3-9-4/h2-3,5H,1,7H2,(H2,8,11)(H,9,10);2-3,5H,1,7H2,(H,8,9)(H,10,11)/t2*5-/m00/s1. The Morgan fingerprint density at radius 2 is 1.50 bits per heavy atom. The fraction of sp³-hybridized carbons (Fsp3) is 0.333. The third-order valence-corrected chi connectivity index (χ3v) is 2.67. The Bertz CT molecular complexity index is 515. The molecular formula is C12H19N7O3. The molecule has 0 aliphatic rings. The number of carbonyl (C=O) groups excluding carboxylic acids is 1. The number of imidazole rings is 2. The molecule has 0 radical (unpaired) electrons. The van der Waals surface area contributed by atoms with Gasteiger partial charge in [0.05, 0.1) is 18.7 Å². The van der Waals surface area contributed by atoms with Crippen LogP contribution in [0.3, 0.4) is 0 Å². The lowest BCUT2D eigenvalue weighted by Gasteiger charge is -2.03. The molecule has 0 unspecified atom stereocenters. The Morgan fingerprint density at radius 1 is 1.05 bits per heavy atom. The van der Waals surface area contributed by atoms with Crippen molar-refractivity contribution in [1.82, 2.24) is 19.9 Å². The van der Waals surface area contributed by atoms with E-state index in [9.17, 15) is 9.59 Å². The second-order valence-corrected chi connectivity index (χ2v) is 4.52. The number of rotatable bonds is 6. The predicted octanol–water partition coefficient (Wildman–Crippen LogP) is -1.87. The average Bonchev–Trinajstić information content (AvgIpc) is 3.12. The van der Waals surface area contributed by atoms with E-state index in [1.165, 1.54) is 12.7 Å². The van der Waals surface area contributed by atoms with Crippen molar-refractivity contribution >= 4 is 11.9 Å². The number of carboxylic acids is 1. The summed E-state index contributed by atoms with van der Waals surface area (Å²) in [6.07, 6.45) is 6.89. The second kappa shape index (κ2) is 8.54. The van der Waals surface area contributed by atoms with E-state index in [1.54, 1.807) is 12.4 Å². The van der Waals surface area contributed by atoms with Crippen LogP contribution in [0, 0.1) is 0 Å². The van der Waals surface area contributed by atoms with Gasteiger partial charge in [0, 0.05) is 36.6 Å². The van der Waals surface area contributed by atoms with E-state index in [4.69, 9.17) is 22.3 Å². The summed E-state index contributed by atoms with van der Waals surface area (Å²) >= 11 is 0. The molecule has 2 rings (SSSR count). The minimum absolute atomic E-state index is 0.287. The van der Waals surface area contributed by atoms with Crippen LogP contribution in [-0.4, -0.2) is 49.0 Å². The van der Waals surface area contributed by atoms with Gasteiger partial charge < -0.3 is 32.3 Å². The van der Waals surface area contributed by atoms with E-state index in [-0.39, 0.29) is 6.42 Å². The summed E-state index contributed by atoms with van der Waals surface area (Å²) in [7, 11) is 0. The zero-order chi connectivity index (χ0) is 16.5. The van der Waals surface area contributed by atoms with Gasteiger partial charge in [-0.05, 0) is 0 Å². The van der Waals surface area contributed by atoms with Crippen molar-refractivity contribution in [1.29, 1.82) is 0 Å². The number of carboxylic acid groups (broad SMARTS) is 1. The van der Waals surface area contributed by atoms with E-state index in [1.807, 2.05) is 0 Å². The SMILES string of the molecule is NC(=O)[C@@H](N)Cc1cnc[nH]1.N[C@@H](Cc1cnc[nH]1)C(=O)O. The fourth-order valence-corrected chi connectivity index (χ4v) is 1.45. The van der Waals surface area contributed by atoms with Crippen LogP contribution in [0.25, 0.3) is 0 Å². The number of hydrogen-bond acceptors (Lipinski definition) is 6. The van der Waals surface area contributed by atoms with E-state index in [2.05, 4.69) is 19.9 Å². The summed E-state index contributed by atoms with van der Waals surface area (Å²) in [6.45, 7) is 0.